The zero-order valence-electron chi connectivity index (χ0n) is 13.7. The van der Waals surface area contributed by atoms with E-state index in [0.717, 1.165) is 39.1 Å². The molecule has 5 nitrogen and oxygen atoms in total. The lowest BCUT2D eigenvalue weighted by atomic mass is 9.91. The van der Waals surface area contributed by atoms with E-state index in [-0.39, 0.29) is 11.5 Å². The number of hydrogen-bond donors (Lipinski definition) is 2. The average Bonchev–Trinajstić information content (AvgIpc) is 2.35. The van der Waals surface area contributed by atoms with Gasteiger partial charge in [0.25, 0.3) is 0 Å². The summed E-state index contributed by atoms with van der Waals surface area (Å²) in [7, 11) is 0. The van der Waals surface area contributed by atoms with E-state index in [4.69, 9.17) is 10.5 Å². The number of nitrogens with zero attached hydrogens (tertiary/aromatic N) is 1. The van der Waals surface area contributed by atoms with Crippen molar-refractivity contribution in [1.82, 2.24) is 10.2 Å². The maximum Gasteiger partial charge on any atom is 0.237 e. The SMILES string of the molecule is CCCNC(C)(CC(C)N1CCOC(C)(C)C1)C(N)=O. The summed E-state index contributed by atoms with van der Waals surface area (Å²) in [6.45, 7) is 13.7. The number of nitrogens with two attached hydrogens (primary N) is 1. The van der Waals surface area contributed by atoms with Crippen molar-refractivity contribution in [2.75, 3.05) is 26.2 Å². The topological polar surface area (TPSA) is 67.6 Å². The normalized spacial score (nSPS) is 24.1. The Labute approximate surface area is 123 Å². The molecule has 0 saturated carbocycles. The molecule has 0 aromatic carbocycles. The van der Waals surface area contributed by atoms with Gasteiger partial charge in [0.2, 0.25) is 5.91 Å². The van der Waals surface area contributed by atoms with Crippen LogP contribution in [0.3, 0.4) is 0 Å². The predicted molar refractivity (Wildman–Crippen MR) is 81.6 cm³/mol. The van der Waals surface area contributed by atoms with Crippen molar-refractivity contribution in [2.45, 2.75) is 64.6 Å². The molecule has 1 fully saturated rings. The number of primary amides is 1. The van der Waals surface area contributed by atoms with Gasteiger partial charge in [-0.3, -0.25) is 9.69 Å². The molecule has 1 rings (SSSR count). The van der Waals surface area contributed by atoms with Crippen molar-refractivity contribution in [3.8, 4) is 0 Å². The van der Waals surface area contributed by atoms with Crippen LogP contribution < -0.4 is 11.1 Å². The molecule has 0 aromatic heterocycles. The summed E-state index contributed by atoms with van der Waals surface area (Å²) in [6, 6.07) is 0.292. The van der Waals surface area contributed by atoms with Crippen LogP contribution in [0.5, 0.6) is 0 Å². The van der Waals surface area contributed by atoms with Gasteiger partial charge >= 0.3 is 0 Å². The molecule has 1 amide bonds. The van der Waals surface area contributed by atoms with Crippen LogP contribution >= 0.6 is 0 Å². The van der Waals surface area contributed by atoms with E-state index in [1.165, 1.54) is 0 Å². The second kappa shape index (κ2) is 6.87. The standard InChI is InChI=1S/C15H31N3O2/c1-6-7-17-15(5,13(16)19)10-12(2)18-8-9-20-14(3,4)11-18/h12,17H,6-11H2,1-5H3,(H2,16,19). The van der Waals surface area contributed by atoms with Gasteiger partial charge in [-0.15, -0.1) is 0 Å². The molecule has 1 aliphatic heterocycles. The molecule has 0 spiro atoms. The van der Waals surface area contributed by atoms with Gasteiger partial charge in [-0.25, -0.2) is 0 Å². The van der Waals surface area contributed by atoms with Gasteiger partial charge < -0.3 is 15.8 Å². The highest BCUT2D eigenvalue weighted by molar-refractivity contribution is 5.84. The maximum atomic E-state index is 11.8. The first-order valence-electron chi connectivity index (χ1n) is 7.63. The van der Waals surface area contributed by atoms with Crippen molar-refractivity contribution >= 4 is 5.91 Å². The summed E-state index contributed by atoms with van der Waals surface area (Å²) in [5, 5.41) is 3.30. The molecule has 3 N–H and O–H groups in total. The largest absolute Gasteiger partial charge is 0.373 e. The van der Waals surface area contributed by atoms with E-state index in [9.17, 15) is 4.79 Å². The fraction of sp³-hybridized carbons (Fsp3) is 0.933. The third-order valence-electron chi connectivity index (χ3n) is 4.09. The first-order chi connectivity index (χ1) is 9.20. The van der Waals surface area contributed by atoms with Crippen LogP contribution in [0.25, 0.3) is 0 Å². The van der Waals surface area contributed by atoms with Crippen LogP contribution in [-0.2, 0) is 9.53 Å². The lowest BCUT2D eigenvalue weighted by molar-refractivity contribution is -0.126. The van der Waals surface area contributed by atoms with Crippen LogP contribution in [0.15, 0.2) is 0 Å². The van der Waals surface area contributed by atoms with Crippen LogP contribution in [0.1, 0.15) is 47.5 Å². The molecule has 5 heteroatoms. The van der Waals surface area contributed by atoms with Crippen LogP contribution in [0, 0.1) is 0 Å². The zero-order valence-corrected chi connectivity index (χ0v) is 13.7. The molecule has 20 heavy (non-hydrogen) atoms. The number of carbonyl (C=O) groups excluding carboxylic acids is 1. The Hall–Kier alpha value is -0.650. The molecular weight excluding hydrogens is 254 g/mol. The molecule has 1 heterocycles. The van der Waals surface area contributed by atoms with Crippen LogP contribution in [-0.4, -0.2) is 54.2 Å². The summed E-state index contributed by atoms with van der Waals surface area (Å²) in [6.07, 6.45) is 1.71. The number of nitrogens with one attached hydrogen (secondary N) is 1. The monoisotopic (exact) mass is 285 g/mol. The zero-order chi connectivity index (χ0) is 15.4. The van der Waals surface area contributed by atoms with Gasteiger partial charge in [0.05, 0.1) is 17.7 Å². The highest BCUT2D eigenvalue weighted by Gasteiger charge is 2.36. The molecule has 0 aromatic rings. The molecule has 0 aliphatic carbocycles. The smallest absolute Gasteiger partial charge is 0.237 e. The molecule has 2 atom stereocenters. The predicted octanol–water partition coefficient (Wildman–Crippen LogP) is 1.12. The van der Waals surface area contributed by atoms with Gasteiger partial charge in [0.15, 0.2) is 0 Å². The fourth-order valence-corrected chi connectivity index (χ4v) is 2.81. The fourth-order valence-electron chi connectivity index (χ4n) is 2.81. The van der Waals surface area contributed by atoms with E-state index in [0.29, 0.717) is 6.04 Å². The van der Waals surface area contributed by atoms with E-state index >= 15 is 0 Å². The van der Waals surface area contributed by atoms with Gasteiger partial charge in [-0.2, -0.15) is 0 Å². The van der Waals surface area contributed by atoms with Crippen molar-refractivity contribution in [2.24, 2.45) is 5.73 Å². The molecular formula is C15H31N3O2. The Morgan fingerprint density at radius 3 is 2.70 bits per heavy atom. The summed E-state index contributed by atoms with van der Waals surface area (Å²) < 4.78 is 5.74. The second-order valence-corrected chi connectivity index (χ2v) is 6.75. The Morgan fingerprint density at radius 1 is 1.55 bits per heavy atom. The second-order valence-electron chi connectivity index (χ2n) is 6.75. The number of hydrogen-bond acceptors (Lipinski definition) is 4. The molecule has 1 saturated heterocycles. The van der Waals surface area contributed by atoms with Crippen molar-refractivity contribution in [1.29, 1.82) is 0 Å². The minimum absolute atomic E-state index is 0.119. The van der Waals surface area contributed by atoms with Crippen molar-refractivity contribution in [3.05, 3.63) is 0 Å². The Balaban J connectivity index is 2.66. The summed E-state index contributed by atoms with van der Waals surface area (Å²) in [5.41, 5.74) is 4.84. The lowest BCUT2D eigenvalue weighted by Crippen LogP contribution is -2.58. The number of amides is 1. The summed E-state index contributed by atoms with van der Waals surface area (Å²) in [5.74, 6) is -0.273. The molecule has 0 radical (unpaired) electrons. The Kier molecular flexibility index (Phi) is 5.98. The molecule has 2 unspecified atom stereocenters. The third kappa shape index (κ3) is 4.72. The molecule has 1 aliphatic rings. The highest BCUT2D eigenvalue weighted by Crippen LogP contribution is 2.22. The van der Waals surface area contributed by atoms with E-state index in [1.807, 2.05) is 6.92 Å². The number of rotatable bonds is 7. The minimum Gasteiger partial charge on any atom is -0.373 e. The van der Waals surface area contributed by atoms with Gasteiger partial charge in [-0.1, -0.05) is 6.92 Å². The molecule has 0 bridgehead atoms. The first kappa shape index (κ1) is 17.4. The number of carbonyl (C=O) groups is 1. The van der Waals surface area contributed by atoms with E-state index < -0.39 is 5.54 Å². The van der Waals surface area contributed by atoms with Gasteiger partial charge in [-0.05, 0) is 47.1 Å². The number of morpholine rings is 1. The first-order valence-corrected chi connectivity index (χ1v) is 7.63. The highest BCUT2D eigenvalue weighted by atomic mass is 16.5. The van der Waals surface area contributed by atoms with Crippen molar-refractivity contribution in [3.63, 3.8) is 0 Å². The van der Waals surface area contributed by atoms with E-state index in [1.54, 1.807) is 0 Å². The Bertz CT molecular complexity index is 333. The lowest BCUT2D eigenvalue weighted by Gasteiger charge is -2.43. The van der Waals surface area contributed by atoms with Gasteiger partial charge in [0, 0.05) is 19.1 Å². The average molecular weight is 285 g/mol. The van der Waals surface area contributed by atoms with E-state index in [2.05, 4.69) is 37.9 Å². The van der Waals surface area contributed by atoms with Gasteiger partial charge in [0.1, 0.15) is 0 Å². The third-order valence-corrected chi connectivity index (χ3v) is 4.09. The van der Waals surface area contributed by atoms with Crippen molar-refractivity contribution < 1.29 is 9.53 Å². The maximum absolute atomic E-state index is 11.8. The molecule has 118 valence electrons. The quantitative estimate of drug-likeness (QED) is 0.735. The summed E-state index contributed by atoms with van der Waals surface area (Å²) >= 11 is 0. The van der Waals surface area contributed by atoms with Crippen LogP contribution in [0.4, 0.5) is 0 Å². The summed E-state index contributed by atoms with van der Waals surface area (Å²) in [4.78, 5) is 14.2. The van der Waals surface area contributed by atoms with Crippen LogP contribution in [0.2, 0.25) is 0 Å². The number of ether oxygens (including phenoxy) is 1. The Morgan fingerprint density at radius 2 is 2.20 bits per heavy atom. The minimum atomic E-state index is -0.641.